The third kappa shape index (κ3) is 4.00. The molecule has 122 valence electrons. The first-order chi connectivity index (χ1) is 10.1. The van der Waals surface area contributed by atoms with E-state index in [9.17, 15) is 4.79 Å². The first kappa shape index (κ1) is 16.8. The molecule has 2 aliphatic carbocycles. The van der Waals surface area contributed by atoms with E-state index in [1.807, 2.05) is 0 Å². The van der Waals surface area contributed by atoms with Crippen LogP contribution in [0.25, 0.3) is 0 Å². The van der Waals surface area contributed by atoms with Gasteiger partial charge in [0, 0.05) is 0 Å². The molecular weight excluding hydrogens is 262 g/mol. The largest absolute Gasteiger partial charge is 0.459 e. The van der Waals surface area contributed by atoms with E-state index in [0.717, 1.165) is 29.9 Å². The lowest BCUT2D eigenvalue weighted by molar-refractivity contribution is -0.926. The number of carbonyl (C=O) groups excluding carboxylic acids is 1. The van der Waals surface area contributed by atoms with Crippen LogP contribution in [0, 0.1) is 17.8 Å². The van der Waals surface area contributed by atoms with E-state index in [4.69, 9.17) is 4.74 Å². The SMILES string of the molecule is CCC[N+](CC)(CCC)CCOC(=O)C1CC2CCC1C2. The van der Waals surface area contributed by atoms with E-state index in [2.05, 4.69) is 20.8 Å². The predicted molar refractivity (Wildman–Crippen MR) is 85.9 cm³/mol. The highest BCUT2D eigenvalue weighted by atomic mass is 16.5. The van der Waals surface area contributed by atoms with Crippen molar-refractivity contribution in [3.05, 3.63) is 0 Å². The van der Waals surface area contributed by atoms with E-state index in [1.165, 1.54) is 45.2 Å². The van der Waals surface area contributed by atoms with Crippen LogP contribution in [0.3, 0.4) is 0 Å². The van der Waals surface area contributed by atoms with Crippen LogP contribution < -0.4 is 0 Å². The summed E-state index contributed by atoms with van der Waals surface area (Å²) in [6, 6.07) is 0. The summed E-state index contributed by atoms with van der Waals surface area (Å²) < 4.78 is 6.78. The zero-order chi connectivity index (χ0) is 15.3. The summed E-state index contributed by atoms with van der Waals surface area (Å²) in [7, 11) is 0. The molecule has 2 fully saturated rings. The fourth-order valence-electron chi connectivity index (χ4n) is 4.74. The molecule has 3 heteroatoms. The Morgan fingerprint density at radius 1 is 1.05 bits per heavy atom. The van der Waals surface area contributed by atoms with E-state index in [0.29, 0.717) is 12.5 Å². The lowest BCUT2D eigenvalue weighted by Gasteiger charge is -2.37. The molecular formula is C18H34NO2+. The highest BCUT2D eigenvalue weighted by molar-refractivity contribution is 5.73. The summed E-state index contributed by atoms with van der Waals surface area (Å²) in [6.07, 6.45) is 7.38. The standard InChI is InChI=1S/C18H34NO2/c1-4-9-19(6-3,10-5-2)11-12-21-18(20)17-14-15-7-8-16(17)13-15/h15-17H,4-14H2,1-3H3/q+1. The van der Waals surface area contributed by atoms with Crippen molar-refractivity contribution < 1.29 is 14.0 Å². The average Bonchev–Trinajstić information content (AvgIpc) is 3.10. The van der Waals surface area contributed by atoms with Gasteiger partial charge in [-0.05, 0) is 50.9 Å². The lowest BCUT2D eigenvalue weighted by atomic mass is 9.89. The Labute approximate surface area is 130 Å². The van der Waals surface area contributed by atoms with E-state index >= 15 is 0 Å². The van der Waals surface area contributed by atoms with Crippen LogP contribution in [0.4, 0.5) is 0 Å². The van der Waals surface area contributed by atoms with Crippen LogP contribution in [-0.4, -0.2) is 43.2 Å². The molecule has 3 nitrogen and oxygen atoms in total. The van der Waals surface area contributed by atoms with Gasteiger partial charge in [-0.1, -0.05) is 20.3 Å². The molecule has 2 saturated carbocycles. The van der Waals surface area contributed by atoms with Gasteiger partial charge in [0.25, 0.3) is 0 Å². The third-order valence-corrected chi connectivity index (χ3v) is 5.92. The van der Waals surface area contributed by atoms with Gasteiger partial charge in [0.15, 0.2) is 0 Å². The van der Waals surface area contributed by atoms with E-state index < -0.39 is 0 Å². The second-order valence-electron chi connectivity index (χ2n) is 7.28. The molecule has 0 spiro atoms. The maximum Gasteiger partial charge on any atom is 0.309 e. The average molecular weight is 296 g/mol. The first-order valence-corrected chi connectivity index (χ1v) is 9.15. The molecule has 0 aromatic heterocycles. The van der Waals surface area contributed by atoms with Crippen molar-refractivity contribution in [2.75, 3.05) is 32.8 Å². The van der Waals surface area contributed by atoms with Gasteiger partial charge in [-0.15, -0.1) is 0 Å². The normalized spacial score (nSPS) is 28.0. The fraction of sp³-hybridized carbons (Fsp3) is 0.944. The molecule has 0 saturated heterocycles. The molecule has 0 amide bonds. The number of quaternary nitrogens is 1. The Kier molecular flexibility index (Phi) is 6.09. The summed E-state index contributed by atoms with van der Waals surface area (Å²) in [5.41, 5.74) is 0. The highest BCUT2D eigenvalue weighted by Crippen LogP contribution is 2.48. The van der Waals surface area contributed by atoms with Crippen molar-refractivity contribution in [3.8, 4) is 0 Å². The molecule has 0 aromatic rings. The number of nitrogens with zero attached hydrogens (tertiary/aromatic N) is 1. The van der Waals surface area contributed by atoms with Crippen molar-refractivity contribution in [2.45, 2.75) is 59.3 Å². The second-order valence-corrected chi connectivity index (χ2v) is 7.28. The van der Waals surface area contributed by atoms with Gasteiger partial charge in [0.05, 0.1) is 25.6 Å². The van der Waals surface area contributed by atoms with Gasteiger partial charge < -0.3 is 9.22 Å². The number of fused-ring (bicyclic) bond motifs is 2. The first-order valence-electron chi connectivity index (χ1n) is 9.15. The van der Waals surface area contributed by atoms with E-state index in [1.54, 1.807) is 0 Å². The van der Waals surface area contributed by atoms with Crippen molar-refractivity contribution in [1.82, 2.24) is 0 Å². The smallest absolute Gasteiger partial charge is 0.309 e. The third-order valence-electron chi connectivity index (χ3n) is 5.92. The minimum absolute atomic E-state index is 0.101. The predicted octanol–water partition coefficient (Wildman–Crippen LogP) is 3.62. The Hall–Kier alpha value is -0.570. The van der Waals surface area contributed by atoms with Crippen molar-refractivity contribution in [2.24, 2.45) is 17.8 Å². The van der Waals surface area contributed by atoms with Crippen LogP contribution in [0.5, 0.6) is 0 Å². The van der Waals surface area contributed by atoms with Crippen LogP contribution >= 0.6 is 0 Å². The molecule has 0 aromatic carbocycles. The number of hydrogen-bond donors (Lipinski definition) is 0. The van der Waals surface area contributed by atoms with Crippen LogP contribution in [0.1, 0.15) is 59.3 Å². The number of carbonyl (C=O) groups is 1. The number of ether oxygens (including phenoxy) is 1. The highest BCUT2D eigenvalue weighted by Gasteiger charge is 2.44. The number of hydrogen-bond acceptors (Lipinski definition) is 2. The van der Waals surface area contributed by atoms with Crippen LogP contribution in [-0.2, 0) is 9.53 Å². The summed E-state index contributed by atoms with van der Waals surface area (Å²) in [5.74, 6) is 1.78. The number of esters is 1. The minimum Gasteiger partial charge on any atom is -0.459 e. The van der Waals surface area contributed by atoms with Gasteiger partial charge in [-0.2, -0.15) is 0 Å². The minimum atomic E-state index is 0.101. The fourth-order valence-corrected chi connectivity index (χ4v) is 4.74. The van der Waals surface area contributed by atoms with Crippen molar-refractivity contribution in [1.29, 1.82) is 0 Å². The van der Waals surface area contributed by atoms with Crippen molar-refractivity contribution in [3.63, 3.8) is 0 Å². The molecule has 0 heterocycles. The van der Waals surface area contributed by atoms with Gasteiger partial charge in [0.2, 0.25) is 0 Å². The zero-order valence-electron chi connectivity index (χ0n) is 14.3. The van der Waals surface area contributed by atoms with Crippen molar-refractivity contribution >= 4 is 5.97 Å². The Balaban J connectivity index is 1.77. The molecule has 2 rings (SSSR count). The summed E-state index contributed by atoms with van der Waals surface area (Å²) in [5, 5.41) is 0. The van der Waals surface area contributed by atoms with Crippen LogP contribution in [0.2, 0.25) is 0 Å². The van der Waals surface area contributed by atoms with Gasteiger partial charge in [0.1, 0.15) is 13.2 Å². The molecule has 21 heavy (non-hydrogen) atoms. The topological polar surface area (TPSA) is 26.3 Å². The zero-order valence-corrected chi connectivity index (χ0v) is 14.3. The molecule has 2 bridgehead atoms. The van der Waals surface area contributed by atoms with E-state index in [-0.39, 0.29) is 11.9 Å². The Morgan fingerprint density at radius 3 is 2.24 bits per heavy atom. The quantitative estimate of drug-likeness (QED) is 0.480. The summed E-state index contributed by atoms with van der Waals surface area (Å²) in [4.78, 5) is 12.3. The molecule has 0 aliphatic heterocycles. The second kappa shape index (κ2) is 7.62. The lowest BCUT2D eigenvalue weighted by Crippen LogP contribution is -2.51. The summed E-state index contributed by atoms with van der Waals surface area (Å²) in [6.45, 7) is 11.9. The molecule has 0 N–H and O–H groups in total. The molecule has 0 radical (unpaired) electrons. The summed E-state index contributed by atoms with van der Waals surface area (Å²) >= 11 is 0. The maximum atomic E-state index is 12.3. The number of likely N-dealkylation sites (N-methyl/N-ethyl adjacent to an activating group) is 1. The Bertz CT molecular complexity index is 336. The molecule has 2 aliphatic rings. The maximum absolute atomic E-state index is 12.3. The monoisotopic (exact) mass is 296 g/mol. The van der Waals surface area contributed by atoms with Gasteiger partial charge in [-0.3, -0.25) is 4.79 Å². The van der Waals surface area contributed by atoms with Gasteiger partial charge >= 0.3 is 5.97 Å². The molecule has 3 atom stereocenters. The van der Waals surface area contributed by atoms with Gasteiger partial charge in [-0.25, -0.2) is 0 Å². The Morgan fingerprint density at radius 2 is 1.76 bits per heavy atom. The van der Waals surface area contributed by atoms with Crippen LogP contribution in [0.15, 0.2) is 0 Å². The number of rotatable bonds is 9. The molecule has 3 unspecified atom stereocenters.